The summed E-state index contributed by atoms with van der Waals surface area (Å²) >= 11 is 5.85. The molecule has 0 saturated heterocycles. The number of halogens is 1. The summed E-state index contributed by atoms with van der Waals surface area (Å²) in [5, 5.41) is 3.25. The van der Waals surface area contributed by atoms with Crippen molar-refractivity contribution < 1.29 is 14.3 Å². The van der Waals surface area contributed by atoms with Gasteiger partial charge in [0, 0.05) is 11.9 Å². The fraction of sp³-hybridized carbons (Fsp3) is 0.176. The van der Waals surface area contributed by atoms with Crippen LogP contribution < -0.4 is 10.1 Å². The van der Waals surface area contributed by atoms with Crippen molar-refractivity contribution in [2.24, 2.45) is 0 Å². The predicted molar refractivity (Wildman–Crippen MR) is 84.7 cm³/mol. The molecule has 114 valence electrons. The molecule has 1 atom stereocenters. The Morgan fingerprint density at radius 1 is 1.14 bits per heavy atom. The molecule has 2 aromatic carbocycles. The van der Waals surface area contributed by atoms with Gasteiger partial charge in [0.05, 0.1) is 12.5 Å². The lowest BCUT2D eigenvalue weighted by Crippen LogP contribution is -2.29. The van der Waals surface area contributed by atoms with Crippen molar-refractivity contribution in [2.75, 3.05) is 0 Å². The van der Waals surface area contributed by atoms with Crippen molar-refractivity contribution in [3.63, 3.8) is 0 Å². The van der Waals surface area contributed by atoms with Gasteiger partial charge in [-0.1, -0.05) is 48.0 Å². The van der Waals surface area contributed by atoms with Crippen LogP contribution in [-0.4, -0.2) is 11.9 Å². The number of carbonyl (C=O) groups is 2. The quantitative estimate of drug-likeness (QED) is 0.678. The number of benzene rings is 2. The second-order valence-corrected chi connectivity index (χ2v) is 5.24. The maximum atomic E-state index is 12.1. The maximum Gasteiger partial charge on any atom is 0.313 e. The van der Waals surface area contributed by atoms with E-state index in [4.69, 9.17) is 16.3 Å². The molecule has 4 nitrogen and oxygen atoms in total. The molecule has 0 aliphatic heterocycles. The Balaban J connectivity index is 2.06. The number of nitrogens with one attached hydrogen (secondary N) is 1. The Morgan fingerprint density at radius 3 is 2.50 bits per heavy atom. The van der Waals surface area contributed by atoms with Crippen LogP contribution in [0.25, 0.3) is 0 Å². The van der Waals surface area contributed by atoms with Gasteiger partial charge in [0.2, 0.25) is 5.91 Å². The van der Waals surface area contributed by atoms with Crippen LogP contribution in [0.15, 0.2) is 54.6 Å². The fourth-order valence-electron chi connectivity index (χ4n) is 2.05. The lowest BCUT2D eigenvalue weighted by Gasteiger charge is -2.17. The van der Waals surface area contributed by atoms with Crippen LogP contribution in [0.1, 0.15) is 24.9 Å². The standard InChI is InChI=1S/C17H16ClNO3/c1-12(20)19-16(13-6-3-2-4-7-13)11-17(21)22-15-9-5-8-14(18)10-15/h2-10,16H,11H2,1H3,(H,19,20)/t16-/m1/s1. The van der Waals surface area contributed by atoms with Gasteiger partial charge in [0.1, 0.15) is 5.75 Å². The molecule has 0 fully saturated rings. The van der Waals surface area contributed by atoms with Crippen molar-refractivity contribution in [2.45, 2.75) is 19.4 Å². The van der Waals surface area contributed by atoms with Crippen molar-refractivity contribution in [3.05, 3.63) is 65.2 Å². The molecule has 1 N–H and O–H groups in total. The van der Waals surface area contributed by atoms with Gasteiger partial charge in [-0.2, -0.15) is 0 Å². The van der Waals surface area contributed by atoms with Crippen LogP contribution in [0.4, 0.5) is 0 Å². The zero-order valence-electron chi connectivity index (χ0n) is 12.1. The molecule has 0 aromatic heterocycles. The third-order valence-electron chi connectivity index (χ3n) is 2.98. The van der Waals surface area contributed by atoms with Gasteiger partial charge >= 0.3 is 5.97 Å². The Kier molecular flexibility index (Phi) is 5.55. The minimum Gasteiger partial charge on any atom is -0.426 e. The van der Waals surface area contributed by atoms with E-state index >= 15 is 0 Å². The van der Waals surface area contributed by atoms with Crippen LogP contribution in [0.5, 0.6) is 5.75 Å². The first kappa shape index (κ1) is 16.0. The highest BCUT2D eigenvalue weighted by molar-refractivity contribution is 6.30. The van der Waals surface area contributed by atoms with E-state index in [9.17, 15) is 9.59 Å². The van der Waals surface area contributed by atoms with E-state index in [1.54, 1.807) is 24.3 Å². The summed E-state index contributed by atoms with van der Waals surface area (Å²) in [6.07, 6.45) is 0.0378. The highest BCUT2D eigenvalue weighted by atomic mass is 35.5. The molecule has 2 aromatic rings. The highest BCUT2D eigenvalue weighted by Gasteiger charge is 2.18. The maximum absolute atomic E-state index is 12.1. The second-order valence-electron chi connectivity index (χ2n) is 4.80. The third-order valence-corrected chi connectivity index (χ3v) is 3.21. The first-order valence-corrected chi connectivity index (χ1v) is 7.20. The number of carbonyl (C=O) groups excluding carboxylic acids is 2. The summed E-state index contributed by atoms with van der Waals surface area (Å²) in [7, 11) is 0. The van der Waals surface area contributed by atoms with E-state index < -0.39 is 12.0 Å². The average molecular weight is 318 g/mol. The van der Waals surface area contributed by atoms with Crippen molar-refractivity contribution in [1.29, 1.82) is 0 Å². The van der Waals surface area contributed by atoms with E-state index in [1.807, 2.05) is 30.3 Å². The van der Waals surface area contributed by atoms with Crippen LogP contribution in [0, 0.1) is 0 Å². The molecule has 0 bridgehead atoms. The molecule has 0 radical (unpaired) electrons. The number of rotatable bonds is 5. The third kappa shape index (κ3) is 4.90. The summed E-state index contributed by atoms with van der Waals surface area (Å²) in [5.74, 6) is -0.263. The van der Waals surface area contributed by atoms with Crippen LogP contribution in [0.2, 0.25) is 5.02 Å². The second kappa shape index (κ2) is 7.61. The Bertz CT molecular complexity index is 658. The van der Waals surface area contributed by atoms with Crippen LogP contribution in [-0.2, 0) is 9.59 Å². The monoisotopic (exact) mass is 317 g/mol. The first-order chi connectivity index (χ1) is 10.5. The molecule has 22 heavy (non-hydrogen) atoms. The summed E-state index contributed by atoms with van der Waals surface area (Å²) in [4.78, 5) is 23.4. The smallest absolute Gasteiger partial charge is 0.313 e. The number of ether oxygens (including phenoxy) is 1. The summed E-state index contributed by atoms with van der Waals surface area (Å²) in [5.41, 5.74) is 0.848. The van der Waals surface area contributed by atoms with E-state index in [1.165, 1.54) is 6.92 Å². The van der Waals surface area contributed by atoms with E-state index in [0.29, 0.717) is 10.8 Å². The minimum atomic E-state index is -0.440. The first-order valence-electron chi connectivity index (χ1n) is 6.83. The van der Waals surface area contributed by atoms with E-state index in [0.717, 1.165) is 5.56 Å². The molecular formula is C17H16ClNO3. The van der Waals surface area contributed by atoms with E-state index in [-0.39, 0.29) is 12.3 Å². The van der Waals surface area contributed by atoms with Gasteiger partial charge in [-0.15, -0.1) is 0 Å². The molecular weight excluding hydrogens is 302 g/mol. The SMILES string of the molecule is CC(=O)N[C@H](CC(=O)Oc1cccc(Cl)c1)c1ccccc1. The van der Waals surface area contributed by atoms with Gasteiger partial charge in [-0.05, 0) is 23.8 Å². The summed E-state index contributed by atoms with van der Waals surface area (Å²) in [6, 6.07) is 15.5. The van der Waals surface area contributed by atoms with Gasteiger partial charge in [0.25, 0.3) is 0 Å². The Hall–Kier alpha value is -2.33. The molecule has 0 heterocycles. The molecule has 0 aliphatic rings. The zero-order valence-corrected chi connectivity index (χ0v) is 12.8. The number of hydrogen-bond donors (Lipinski definition) is 1. The fourth-order valence-corrected chi connectivity index (χ4v) is 2.23. The van der Waals surface area contributed by atoms with Gasteiger partial charge in [-0.3, -0.25) is 9.59 Å². The average Bonchev–Trinajstić information content (AvgIpc) is 2.47. The minimum absolute atomic E-state index is 0.0378. The summed E-state index contributed by atoms with van der Waals surface area (Å²) in [6.45, 7) is 1.41. The van der Waals surface area contributed by atoms with Crippen molar-refractivity contribution in [3.8, 4) is 5.75 Å². The lowest BCUT2D eigenvalue weighted by atomic mass is 10.0. The number of amides is 1. The lowest BCUT2D eigenvalue weighted by molar-refractivity contribution is -0.135. The summed E-state index contributed by atoms with van der Waals surface area (Å²) < 4.78 is 5.25. The van der Waals surface area contributed by atoms with E-state index in [2.05, 4.69) is 5.32 Å². The molecule has 0 spiro atoms. The van der Waals surface area contributed by atoms with Gasteiger partial charge in [0.15, 0.2) is 0 Å². The van der Waals surface area contributed by atoms with Crippen LogP contribution >= 0.6 is 11.6 Å². The van der Waals surface area contributed by atoms with Crippen molar-refractivity contribution >= 4 is 23.5 Å². The normalized spacial score (nSPS) is 11.5. The largest absolute Gasteiger partial charge is 0.426 e. The number of hydrogen-bond acceptors (Lipinski definition) is 3. The Labute approximate surface area is 134 Å². The molecule has 0 unspecified atom stereocenters. The molecule has 5 heteroatoms. The zero-order chi connectivity index (χ0) is 15.9. The van der Waals surface area contributed by atoms with Gasteiger partial charge in [-0.25, -0.2) is 0 Å². The van der Waals surface area contributed by atoms with Crippen LogP contribution in [0.3, 0.4) is 0 Å². The Morgan fingerprint density at radius 2 is 1.86 bits per heavy atom. The number of esters is 1. The van der Waals surface area contributed by atoms with Gasteiger partial charge < -0.3 is 10.1 Å². The predicted octanol–water partition coefficient (Wildman–Crippen LogP) is 3.51. The molecule has 2 rings (SSSR count). The highest BCUT2D eigenvalue weighted by Crippen LogP contribution is 2.21. The molecule has 0 saturated carbocycles. The molecule has 0 aliphatic carbocycles. The topological polar surface area (TPSA) is 55.4 Å². The van der Waals surface area contributed by atoms with Crippen molar-refractivity contribution in [1.82, 2.24) is 5.32 Å². The molecule has 1 amide bonds.